The van der Waals surface area contributed by atoms with Crippen LogP contribution in [0, 0.1) is 0 Å². The van der Waals surface area contributed by atoms with Gasteiger partial charge in [0.2, 0.25) is 0 Å². The molecule has 0 radical (unpaired) electrons. The molecule has 1 rings (SSSR count). The number of carbonyl (C=O) groups excluding carboxylic acids is 1. The maximum atomic E-state index is 10.6. The summed E-state index contributed by atoms with van der Waals surface area (Å²) in [6.07, 6.45) is 1.61. The van der Waals surface area contributed by atoms with Gasteiger partial charge >= 0.3 is 5.30 Å². The molecule has 11 heavy (non-hydrogen) atoms. The van der Waals surface area contributed by atoms with Crippen molar-refractivity contribution in [2.24, 2.45) is 0 Å². The minimum absolute atomic E-state index is 0.0625. The molecule has 1 aliphatic rings. The Labute approximate surface area is 69.7 Å². The van der Waals surface area contributed by atoms with Gasteiger partial charge in [-0.1, -0.05) is 6.08 Å². The second-order valence-corrected chi connectivity index (χ2v) is 3.08. The topological polar surface area (TPSA) is 35.5 Å². The zero-order valence-corrected chi connectivity index (χ0v) is 6.93. The van der Waals surface area contributed by atoms with Crippen molar-refractivity contribution >= 4 is 17.1 Å². The Kier molecular flexibility index (Phi) is 3.45. The van der Waals surface area contributed by atoms with Gasteiger partial charge in [-0.2, -0.15) is 0 Å². The summed E-state index contributed by atoms with van der Waals surface area (Å²) in [5.41, 5.74) is 0. The van der Waals surface area contributed by atoms with Gasteiger partial charge in [0, 0.05) is 5.75 Å². The van der Waals surface area contributed by atoms with Crippen LogP contribution in [0.15, 0.2) is 12.7 Å². The van der Waals surface area contributed by atoms with E-state index in [4.69, 9.17) is 9.47 Å². The van der Waals surface area contributed by atoms with Crippen molar-refractivity contribution in [3.05, 3.63) is 12.7 Å². The molecule has 62 valence electrons. The number of ether oxygens (including phenoxy) is 2. The van der Waals surface area contributed by atoms with E-state index in [-0.39, 0.29) is 11.4 Å². The third kappa shape index (κ3) is 2.95. The van der Waals surface area contributed by atoms with Crippen molar-refractivity contribution in [1.29, 1.82) is 0 Å². The average Bonchev–Trinajstić information content (AvgIpc) is 2.37. The molecule has 0 N–H and O–H groups in total. The van der Waals surface area contributed by atoms with Crippen LogP contribution >= 0.6 is 11.8 Å². The van der Waals surface area contributed by atoms with Crippen molar-refractivity contribution in [2.45, 2.75) is 6.10 Å². The zero-order valence-electron chi connectivity index (χ0n) is 6.12. The maximum Gasteiger partial charge on any atom is 0.367 e. The van der Waals surface area contributed by atoms with Gasteiger partial charge < -0.3 is 9.47 Å². The summed E-state index contributed by atoms with van der Waals surface area (Å²) < 4.78 is 9.98. The SMILES string of the molecule is C=CCOCC1CSC(=O)O1. The molecule has 0 aromatic carbocycles. The van der Waals surface area contributed by atoms with E-state index in [2.05, 4.69) is 6.58 Å². The number of cyclic esters (lactones) is 1. The fraction of sp³-hybridized carbons (Fsp3) is 0.571. The zero-order chi connectivity index (χ0) is 8.10. The van der Waals surface area contributed by atoms with Gasteiger partial charge in [-0.25, -0.2) is 4.79 Å². The lowest BCUT2D eigenvalue weighted by atomic mass is 10.4. The molecule has 0 aliphatic carbocycles. The highest BCUT2D eigenvalue weighted by molar-refractivity contribution is 8.13. The quantitative estimate of drug-likeness (QED) is 0.367. The first kappa shape index (κ1) is 8.62. The molecular formula is C7H10O3S. The molecule has 0 saturated carbocycles. The van der Waals surface area contributed by atoms with Crippen LogP contribution in [0.25, 0.3) is 0 Å². The van der Waals surface area contributed by atoms with E-state index in [0.717, 1.165) is 0 Å². The standard InChI is InChI=1S/C7H10O3S/c1-2-3-9-4-6-5-11-7(8)10-6/h2,6H,1,3-5H2. The largest absolute Gasteiger partial charge is 0.451 e. The van der Waals surface area contributed by atoms with Crippen molar-refractivity contribution in [2.75, 3.05) is 19.0 Å². The van der Waals surface area contributed by atoms with Gasteiger partial charge in [-0.15, -0.1) is 6.58 Å². The molecule has 4 heteroatoms. The first-order chi connectivity index (χ1) is 5.33. The lowest BCUT2D eigenvalue weighted by Crippen LogP contribution is -2.17. The first-order valence-electron chi connectivity index (χ1n) is 3.35. The molecule has 0 amide bonds. The summed E-state index contributed by atoms with van der Waals surface area (Å²) in [6.45, 7) is 4.49. The van der Waals surface area contributed by atoms with Crippen LogP contribution in [0.1, 0.15) is 0 Å². The second-order valence-electron chi connectivity index (χ2n) is 2.13. The van der Waals surface area contributed by atoms with Crippen molar-refractivity contribution in [3.8, 4) is 0 Å². The van der Waals surface area contributed by atoms with E-state index < -0.39 is 0 Å². The Bertz CT molecular complexity index is 158. The summed E-state index contributed by atoms with van der Waals surface area (Å²) in [6, 6.07) is 0. The number of carbonyl (C=O) groups is 1. The average molecular weight is 174 g/mol. The highest BCUT2D eigenvalue weighted by atomic mass is 32.2. The normalized spacial score (nSPS) is 23.3. The maximum absolute atomic E-state index is 10.6. The van der Waals surface area contributed by atoms with Gasteiger partial charge in [0.1, 0.15) is 6.10 Å². The molecule has 0 bridgehead atoms. The summed E-state index contributed by atoms with van der Waals surface area (Å²) in [5.74, 6) is 0.704. The van der Waals surface area contributed by atoms with E-state index in [1.807, 2.05) is 0 Å². The van der Waals surface area contributed by atoms with Crippen molar-refractivity contribution in [3.63, 3.8) is 0 Å². The predicted octanol–water partition coefficient (Wildman–Crippen LogP) is 1.44. The molecule has 0 aromatic heterocycles. The van der Waals surface area contributed by atoms with E-state index in [0.29, 0.717) is 19.0 Å². The van der Waals surface area contributed by atoms with Crippen molar-refractivity contribution < 1.29 is 14.3 Å². The summed E-state index contributed by atoms with van der Waals surface area (Å²) >= 11 is 1.20. The van der Waals surface area contributed by atoms with Gasteiger partial charge in [0.25, 0.3) is 0 Å². The van der Waals surface area contributed by atoms with Gasteiger partial charge in [0.15, 0.2) is 0 Å². The van der Waals surface area contributed by atoms with E-state index in [1.54, 1.807) is 6.08 Å². The lowest BCUT2D eigenvalue weighted by molar-refractivity contribution is 0.0580. The number of hydrogen-bond donors (Lipinski definition) is 0. The molecule has 1 aliphatic heterocycles. The van der Waals surface area contributed by atoms with Crippen LogP contribution in [0.5, 0.6) is 0 Å². The Morgan fingerprint density at radius 3 is 3.27 bits per heavy atom. The lowest BCUT2D eigenvalue weighted by Gasteiger charge is -2.06. The Hall–Kier alpha value is -0.480. The van der Waals surface area contributed by atoms with E-state index in [1.165, 1.54) is 11.8 Å². The van der Waals surface area contributed by atoms with Crippen LogP contribution in [0.3, 0.4) is 0 Å². The third-order valence-corrected chi connectivity index (χ3v) is 2.06. The monoisotopic (exact) mass is 174 g/mol. The summed E-state index contributed by atoms with van der Waals surface area (Å²) in [7, 11) is 0. The Morgan fingerprint density at radius 2 is 2.73 bits per heavy atom. The highest BCUT2D eigenvalue weighted by Crippen LogP contribution is 2.19. The summed E-state index contributed by atoms with van der Waals surface area (Å²) in [4.78, 5) is 10.6. The molecule has 0 spiro atoms. The van der Waals surface area contributed by atoms with Crippen LogP contribution in [0.2, 0.25) is 0 Å². The minimum Gasteiger partial charge on any atom is -0.451 e. The second kappa shape index (κ2) is 4.41. The van der Waals surface area contributed by atoms with E-state index >= 15 is 0 Å². The Morgan fingerprint density at radius 1 is 1.91 bits per heavy atom. The summed E-state index contributed by atoms with van der Waals surface area (Å²) in [5, 5.41) is -0.197. The molecule has 1 fully saturated rings. The smallest absolute Gasteiger partial charge is 0.367 e. The van der Waals surface area contributed by atoms with Crippen LogP contribution < -0.4 is 0 Å². The van der Waals surface area contributed by atoms with Gasteiger partial charge in [-0.3, -0.25) is 0 Å². The van der Waals surface area contributed by atoms with Crippen molar-refractivity contribution in [1.82, 2.24) is 0 Å². The fourth-order valence-corrected chi connectivity index (χ4v) is 1.42. The van der Waals surface area contributed by atoms with Gasteiger partial charge in [0.05, 0.1) is 13.2 Å². The number of rotatable bonds is 4. The van der Waals surface area contributed by atoms with Crippen LogP contribution in [0.4, 0.5) is 4.79 Å². The predicted molar refractivity (Wildman–Crippen MR) is 43.7 cm³/mol. The fourth-order valence-electron chi connectivity index (χ4n) is 0.730. The molecule has 3 nitrogen and oxygen atoms in total. The number of thioether (sulfide) groups is 1. The highest BCUT2D eigenvalue weighted by Gasteiger charge is 2.23. The molecule has 1 unspecified atom stereocenters. The van der Waals surface area contributed by atoms with Gasteiger partial charge in [-0.05, 0) is 11.8 Å². The molecular weight excluding hydrogens is 164 g/mol. The van der Waals surface area contributed by atoms with Crippen LogP contribution in [-0.4, -0.2) is 30.4 Å². The number of hydrogen-bond acceptors (Lipinski definition) is 4. The minimum atomic E-state index is -0.197. The molecule has 1 saturated heterocycles. The Balaban J connectivity index is 2.08. The third-order valence-electron chi connectivity index (χ3n) is 1.19. The molecule has 1 heterocycles. The molecule has 1 atom stereocenters. The molecule has 0 aromatic rings. The van der Waals surface area contributed by atoms with Crippen LogP contribution in [-0.2, 0) is 9.47 Å². The van der Waals surface area contributed by atoms with E-state index in [9.17, 15) is 4.79 Å². The first-order valence-corrected chi connectivity index (χ1v) is 4.33.